The van der Waals surface area contributed by atoms with Gasteiger partial charge in [0.15, 0.2) is 5.60 Å². The number of aliphatic hydroxyl groups excluding tert-OH is 1. The van der Waals surface area contributed by atoms with E-state index in [4.69, 9.17) is 0 Å². The summed E-state index contributed by atoms with van der Waals surface area (Å²) in [6.07, 6.45) is -4.82. The molecule has 1 saturated heterocycles. The Morgan fingerprint density at radius 2 is 1.76 bits per heavy atom. The number of sulfonamides is 1. The molecular formula is C22H30F3N3O4S2. The van der Waals surface area contributed by atoms with E-state index in [0.29, 0.717) is 25.7 Å². The highest BCUT2D eigenvalue weighted by atomic mass is 32.2. The number of hydrogen-bond acceptors (Lipinski definition) is 7. The van der Waals surface area contributed by atoms with Crippen LogP contribution >= 0.6 is 11.3 Å². The summed E-state index contributed by atoms with van der Waals surface area (Å²) >= 11 is 1.14. The van der Waals surface area contributed by atoms with Crippen molar-refractivity contribution < 1.29 is 31.8 Å². The third-order valence-corrected chi connectivity index (χ3v) is 9.30. The molecule has 1 aliphatic rings. The molecular weight excluding hydrogens is 491 g/mol. The Morgan fingerprint density at radius 3 is 2.29 bits per heavy atom. The van der Waals surface area contributed by atoms with Crippen molar-refractivity contribution in [2.45, 2.75) is 48.3 Å². The molecule has 0 radical (unpaired) electrons. The average molecular weight is 522 g/mol. The van der Waals surface area contributed by atoms with Crippen LogP contribution in [0.1, 0.15) is 26.3 Å². The van der Waals surface area contributed by atoms with Crippen molar-refractivity contribution >= 4 is 27.0 Å². The van der Waals surface area contributed by atoms with E-state index in [1.165, 1.54) is 28.6 Å². The van der Waals surface area contributed by atoms with Gasteiger partial charge in [-0.25, -0.2) is 8.42 Å². The second-order valence-corrected chi connectivity index (χ2v) is 12.3. The van der Waals surface area contributed by atoms with Crippen LogP contribution in [0.25, 0.3) is 0 Å². The van der Waals surface area contributed by atoms with E-state index in [1.807, 2.05) is 18.7 Å². The molecule has 34 heavy (non-hydrogen) atoms. The van der Waals surface area contributed by atoms with Gasteiger partial charge in [-0.1, -0.05) is 18.2 Å². The zero-order valence-corrected chi connectivity index (χ0v) is 20.8. The van der Waals surface area contributed by atoms with Gasteiger partial charge in [-0.15, -0.1) is 11.3 Å². The van der Waals surface area contributed by atoms with E-state index in [2.05, 4.69) is 5.32 Å². The highest BCUT2D eigenvalue weighted by Gasteiger charge is 2.51. The van der Waals surface area contributed by atoms with Crippen molar-refractivity contribution in [1.82, 2.24) is 9.62 Å². The molecule has 3 N–H and O–H groups in total. The van der Waals surface area contributed by atoms with Crippen LogP contribution < -0.4 is 10.2 Å². The van der Waals surface area contributed by atoms with Crippen molar-refractivity contribution in [2.24, 2.45) is 0 Å². The largest absolute Gasteiger partial charge is 0.421 e. The molecule has 2 aromatic rings. The van der Waals surface area contributed by atoms with Crippen molar-refractivity contribution in [3.63, 3.8) is 0 Å². The summed E-state index contributed by atoms with van der Waals surface area (Å²) in [5, 5.41) is 24.5. The standard InChI is InChI=1S/C22H30F3N3O4S2/c1-20(2,15-29)26-13-18-14-27(34(31,32)19-5-4-12-33-19)10-11-28(18)17-8-6-16(7-9-17)21(3,30)22(23,24)25/h4-9,12,18,26,29-30H,10-11,13-15H2,1-3H3/t18-,21-/m0/s1. The van der Waals surface area contributed by atoms with Gasteiger partial charge in [0.1, 0.15) is 4.21 Å². The molecule has 190 valence electrons. The molecule has 1 aromatic heterocycles. The number of thiophene rings is 1. The second kappa shape index (κ2) is 9.75. The van der Waals surface area contributed by atoms with E-state index in [1.54, 1.807) is 17.5 Å². The fourth-order valence-electron chi connectivity index (χ4n) is 3.69. The highest BCUT2D eigenvalue weighted by molar-refractivity contribution is 7.91. The van der Waals surface area contributed by atoms with Crippen molar-refractivity contribution in [3.8, 4) is 0 Å². The van der Waals surface area contributed by atoms with Crippen LogP contribution in [0.2, 0.25) is 0 Å². The monoisotopic (exact) mass is 521 g/mol. The number of aliphatic hydroxyl groups is 2. The maximum Gasteiger partial charge on any atom is 0.421 e. The van der Waals surface area contributed by atoms with Crippen LogP contribution in [0.3, 0.4) is 0 Å². The third-order valence-electron chi connectivity index (χ3n) is 6.06. The number of piperazine rings is 1. The molecule has 3 rings (SSSR count). The van der Waals surface area contributed by atoms with Crippen molar-refractivity contribution in [3.05, 3.63) is 47.3 Å². The Bertz CT molecular complexity index is 1060. The summed E-state index contributed by atoms with van der Waals surface area (Å²) in [4.78, 5) is 1.94. The topological polar surface area (TPSA) is 93.1 Å². The molecule has 1 fully saturated rings. The van der Waals surface area contributed by atoms with E-state index >= 15 is 0 Å². The summed E-state index contributed by atoms with van der Waals surface area (Å²) < 4.78 is 67.4. The molecule has 0 saturated carbocycles. The van der Waals surface area contributed by atoms with Gasteiger partial charge in [-0.05, 0) is 49.9 Å². The molecule has 0 amide bonds. The SMILES string of the molecule is CC(C)(CO)NC[C@H]1CN(S(=O)(=O)c2cccs2)CCN1c1ccc([C@](C)(O)C(F)(F)F)cc1. The summed E-state index contributed by atoms with van der Waals surface area (Å²) in [7, 11) is -3.67. The first-order valence-electron chi connectivity index (χ1n) is 10.7. The number of rotatable bonds is 8. The van der Waals surface area contributed by atoms with Crippen molar-refractivity contribution in [2.75, 3.05) is 37.7 Å². The Morgan fingerprint density at radius 1 is 1.12 bits per heavy atom. The van der Waals surface area contributed by atoms with Gasteiger partial charge < -0.3 is 20.4 Å². The molecule has 0 bridgehead atoms. The zero-order chi connectivity index (χ0) is 25.4. The molecule has 0 aliphatic carbocycles. The van der Waals surface area contributed by atoms with Gasteiger partial charge in [0.2, 0.25) is 0 Å². The molecule has 12 heteroatoms. The normalized spacial score (nSPS) is 20.4. The molecule has 0 unspecified atom stereocenters. The maximum absolute atomic E-state index is 13.2. The van der Waals surface area contributed by atoms with Gasteiger partial charge in [0.25, 0.3) is 10.0 Å². The fraction of sp³-hybridized carbons (Fsp3) is 0.545. The highest BCUT2D eigenvalue weighted by Crippen LogP contribution is 2.39. The first kappa shape index (κ1) is 26.9. The predicted octanol–water partition coefficient (Wildman–Crippen LogP) is 2.76. The number of nitrogens with one attached hydrogen (secondary N) is 1. The number of alkyl halides is 3. The van der Waals surface area contributed by atoms with E-state index in [-0.39, 0.29) is 35.5 Å². The summed E-state index contributed by atoms with van der Waals surface area (Å²) in [5.74, 6) is 0. The van der Waals surface area contributed by atoms with Crippen LogP contribution in [0.4, 0.5) is 18.9 Å². The molecule has 1 aromatic carbocycles. The lowest BCUT2D eigenvalue weighted by atomic mass is 9.95. The molecule has 7 nitrogen and oxygen atoms in total. The first-order chi connectivity index (χ1) is 15.7. The van der Waals surface area contributed by atoms with Crippen LogP contribution in [-0.2, 0) is 15.6 Å². The summed E-state index contributed by atoms with van der Waals surface area (Å²) in [6, 6.07) is 8.36. The lowest BCUT2D eigenvalue weighted by Gasteiger charge is -2.43. The number of nitrogens with zero attached hydrogens (tertiary/aromatic N) is 2. The quantitative estimate of drug-likeness (QED) is 0.495. The number of halogens is 3. The number of hydrogen-bond donors (Lipinski definition) is 3. The van der Waals surface area contributed by atoms with Gasteiger partial charge in [0.05, 0.1) is 12.6 Å². The van der Waals surface area contributed by atoms with Crippen LogP contribution in [0.15, 0.2) is 46.0 Å². The molecule has 0 spiro atoms. The van der Waals surface area contributed by atoms with E-state index < -0.39 is 27.3 Å². The Balaban J connectivity index is 1.87. The average Bonchev–Trinajstić information content (AvgIpc) is 3.33. The third kappa shape index (κ3) is 5.58. The van der Waals surface area contributed by atoms with Gasteiger partial charge >= 0.3 is 6.18 Å². The smallest absolute Gasteiger partial charge is 0.394 e. The molecule has 2 atom stereocenters. The van der Waals surface area contributed by atoms with E-state index in [0.717, 1.165) is 11.3 Å². The first-order valence-corrected chi connectivity index (χ1v) is 13.1. The number of anilines is 1. The van der Waals surface area contributed by atoms with Crippen LogP contribution in [-0.4, -0.2) is 73.5 Å². The second-order valence-electron chi connectivity index (χ2n) is 9.18. The van der Waals surface area contributed by atoms with Gasteiger partial charge in [-0.2, -0.15) is 17.5 Å². The minimum atomic E-state index is -4.82. The van der Waals surface area contributed by atoms with Crippen LogP contribution in [0.5, 0.6) is 0 Å². The zero-order valence-electron chi connectivity index (χ0n) is 19.2. The van der Waals surface area contributed by atoms with Gasteiger partial charge in [-0.3, -0.25) is 0 Å². The van der Waals surface area contributed by atoms with Crippen LogP contribution in [0, 0.1) is 0 Å². The Labute approximate surface area is 201 Å². The summed E-state index contributed by atoms with van der Waals surface area (Å²) in [6.45, 7) is 5.25. The summed E-state index contributed by atoms with van der Waals surface area (Å²) in [5.41, 5.74) is -3.25. The Kier molecular flexibility index (Phi) is 7.71. The predicted molar refractivity (Wildman–Crippen MR) is 125 cm³/mol. The minimum absolute atomic E-state index is 0.127. The maximum atomic E-state index is 13.2. The number of benzene rings is 1. The molecule has 1 aliphatic heterocycles. The fourth-order valence-corrected chi connectivity index (χ4v) is 6.30. The lowest BCUT2D eigenvalue weighted by molar-refractivity contribution is -0.258. The molecule has 2 heterocycles. The van der Waals surface area contributed by atoms with Crippen molar-refractivity contribution in [1.29, 1.82) is 0 Å². The van der Waals surface area contributed by atoms with E-state index in [9.17, 15) is 31.8 Å². The lowest BCUT2D eigenvalue weighted by Crippen LogP contribution is -2.60. The Hall–Kier alpha value is -1.70. The minimum Gasteiger partial charge on any atom is -0.394 e. The van der Waals surface area contributed by atoms with Gasteiger partial charge in [0, 0.05) is 37.4 Å².